The average Bonchev–Trinajstić information content (AvgIpc) is 2.80. The van der Waals surface area contributed by atoms with Crippen LogP contribution in [-0.2, 0) is 4.74 Å². The summed E-state index contributed by atoms with van der Waals surface area (Å²) in [4.78, 5) is 0. The van der Waals surface area contributed by atoms with Crippen molar-refractivity contribution in [1.82, 2.24) is 0 Å². The van der Waals surface area contributed by atoms with Gasteiger partial charge in [0, 0.05) is 5.92 Å². The van der Waals surface area contributed by atoms with Crippen molar-refractivity contribution in [3.8, 4) is 11.1 Å². The Morgan fingerprint density at radius 1 is 0.955 bits per heavy atom. The minimum Gasteiger partial charge on any atom is -0.371 e. The number of hydrogen-bond donors (Lipinski definition) is 0. The molecule has 0 aliphatic carbocycles. The van der Waals surface area contributed by atoms with Crippen LogP contribution in [0.4, 0.5) is 0 Å². The topological polar surface area (TPSA) is 9.23 Å². The predicted molar refractivity (Wildman–Crippen MR) is 93.0 cm³/mol. The van der Waals surface area contributed by atoms with Crippen LogP contribution in [-0.4, -0.2) is 11.7 Å². The molecule has 0 unspecified atom stereocenters. The van der Waals surface area contributed by atoms with Crippen molar-refractivity contribution in [2.75, 3.05) is 0 Å². The molecule has 3 rings (SSSR count). The first-order valence-corrected chi connectivity index (χ1v) is 8.29. The van der Waals surface area contributed by atoms with E-state index in [-0.39, 0.29) is 5.60 Å². The van der Waals surface area contributed by atoms with E-state index in [0.717, 1.165) is 6.42 Å². The lowest BCUT2D eigenvalue weighted by atomic mass is 9.86. The largest absolute Gasteiger partial charge is 0.371 e. The molecule has 0 amide bonds. The Hall–Kier alpha value is -1.60. The van der Waals surface area contributed by atoms with E-state index in [1.54, 1.807) is 0 Å². The molecular formula is C21H26O. The Labute approximate surface area is 134 Å². The number of rotatable bonds is 3. The van der Waals surface area contributed by atoms with Gasteiger partial charge in [0.2, 0.25) is 0 Å². The Balaban J connectivity index is 1.78. The highest BCUT2D eigenvalue weighted by Crippen LogP contribution is 2.41. The molecule has 0 aromatic heterocycles. The van der Waals surface area contributed by atoms with Crippen molar-refractivity contribution in [3.05, 3.63) is 60.2 Å². The first-order chi connectivity index (χ1) is 10.5. The summed E-state index contributed by atoms with van der Waals surface area (Å²) in [5, 5.41) is 0. The molecule has 116 valence electrons. The summed E-state index contributed by atoms with van der Waals surface area (Å²) in [7, 11) is 0. The summed E-state index contributed by atoms with van der Waals surface area (Å²) in [5.74, 6) is 1.04. The SMILES string of the molecule is C[C@@H]1CC(C)(C)O[C@H]1[C@@H](C)c1ccc(-c2ccccc2)cc1. The van der Waals surface area contributed by atoms with Crippen LogP contribution in [0.5, 0.6) is 0 Å². The molecule has 1 fully saturated rings. The van der Waals surface area contributed by atoms with Gasteiger partial charge in [-0.15, -0.1) is 0 Å². The average molecular weight is 294 g/mol. The van der Waals surface area contributed by atoms with E-state index < -0.39 is 0 Å². The number of hydrogen-bond acceptors (Lipinski definition) is 1. The van der Waals surface area contributed by atoms with Gasteiger partial charge in [0.15, 0.2) is 0 Å². The maximum Gasteiger partial charge on any atom is 0.0674 e. The lowest BCUT2D eigenvalue weighted by Gasteiger charge is -2.25. The van der Waals surface area contributed by atoms with Crippen molar-refractivity contribution in [2.24, 2.45) is 5.92 Å². The van der Waals surface area contributed by atoms with Crippen LogP contribution in [0.2, 0.25) is 0 Å². The van der Waals surface area contributed by atoms with Gasteiger partial charge < -0.3 is 4.74 Å². The molecule has 1 heteroatoms. The van der Waals surface area contributed by atoms with Crippen molar-refractivity contribution < 1.29 is 4.74 Å². The van der Waals surface area contributed by atoms with Crippen molar-refractivity contribution in [3.63, 3.8) is 0 Å². The molecule has 2 aromatic rings. The highest BCUT2D eigenvalue weighted by molar-refractivity contribution is 5.63. The minimum absolute atomic E-state index is 0.0162. The van der Waals surface area contributed by atoms with Crippen molar-refractivity contribution in [1.29, 1.82) is 0 Å². The summed E-state index contributed by atoms with van der Waals surface area (Å²) in [6.07, 6.45) is 1.46. The molecule has 1 saturated heterocycles. The van der Waals surface area contributed by atoms with Crippen LogP contribution in [0.3, 0.4) is 0 Å². The Kier molecular flexibility index (Phi) is 4.10. The smallest absolute Gasteiger partial charge is 0.0674 e. The maximum atomic E-state index is 6.29. The van der Waals surface area contributed by atoms with Gasteiger partial charge in [-0.3, -0.25) is 0 Å². The van der Waals surface area contributed by atoms with E-state index >= 15 is 0 Å². The van der Waals surface area contributed by atoms with Crippen LogP contribution in [0.1, 0.15) is 45.6 Å². The fourth-order valence-electron chi connectivity index (χ4n) is 3.82. The third-order valence-electron chi connectivity index (χ3n) is 4.87. The molecule has 0 spiro atoms. The third kappa shape index (κ3) is 3.10. The lowest BCUT2D eigenvalue weighted by molar-refractivity contribution is -0.0296. The van der Waals surface area contributed by atoms with Gasteiger partial charge in [-0.05, 0) is 42.9 Å². The highest BCUT2D eigenvalue weighted by Gasteiger charge is 2.40. The summed E-state index contributed by atoms with van der Waals surface area (Å²) in [5.41, 5.74) is 3.93. The highest BCUT2D eigenvalue weighted by atomic mass is 16.5. The molecule has 1 nitrogen and oxygen atoms in total. The van der Waals surface area contributed by atoms with E-state index in [1.807, 2.05) is 0 Å². The zero-order valence-electron chi connectivity index (χ0n) is 14.0. The molecule has 2 aromatic carbocycles. The molecule has 22 heavy (non-hydrogen) atoms. The molecule has 3 atom stereocenters. The zero-order valence-corrected chi connectivity index (χ0v) is 14.0. The molecule has 0 radical (unpaired) electrons. The normalized spacial score (nSPS) is 25.1. The maximum absolute atomic E-state index is 6.29. The van der Waals surface area contributed by atoms with Gasteiger partial charge in [-0.2, -0.15) is 0 Å². The summed E-state index contributed by atoms with van der Waals surface area (Å²) < 4.78 is 6.29. The van der Waals surface area contributed by atoms with Crippen LogP contribution < -0.4 is 0 Å². The summed E-state index contributed by atoms with van der Waals surface area (Å²) >= 11 is 0. The Morgan fingerprint density at radius 2 is 1.55 bits per heavy atom. The molecule has 0 N–H and O–H groups in total. The van der Waals surface area contributed by atoms with E-state index in [9.17, 15) is 0 Å². The van der Waals surface area contributed by atoms with Crippen LogP contribution in [0, 0.1) is 5.92 Å². The van der Waals surface area contributed by atoms with Crippen LogP contribution in [0.25, 0.3) is 11.1 Å². The first kappa shape index (κ1) is 15.3. The van der Waals surface area contributed by atoms with E-state index in [2.05, 4.69) is 82.3 Å². The van der Waals surface area contributed by atoms with Gasteiger partial charge in [0.1, 0.15) is 0 Å². The molecule has 0 saturated carbocycles. The summed E-state index contributed by atoms with van der Waals surface area (Å²) in [6, 6.07) is 19.5. The molecule has 1 heterocycles. The third-order valence-corrected chi connectivity index (χ3v) is 4.87. The second-order valence-corrected chi connectivity index (χ2v) is 7.30. The number of benzene rings is 2. The lowest BCUT2D eigenvalue weighted by Crippen LogP contribution is -2.24. The second-order valence-electron chi connectivity index (χ2n) is 7.30. The molecule has 0 bridgehead atoms. The second kappa shape index (κ2) is 5.89. The zero-order chi connectivity index (χ0) is 15.7. The van der Waals surface area contributed by atoms with Gasteiger partial charge in [0.05, 0.1) is 11.7 Å². The minimum atomic E-state index is 0.0162. The fourth-order valence-corrected chi connectivity index (χ4v) is 3.82. The quantitative estimate of drug-likeness (QED) is 0.709. The monoisotopic (exact) mass is 294 g/mol. The Bertz CT molecular complexity index is 612. The molecule has 1 aliphatic heterocycles. The summed E-state index contributed by atoms with van der Waals surface area (Å²) in [6.45, 7) is 9.01. The van der Waals surface area contributed by atoms with Gasteiger partial charge in [0.25, 0.3) is 0 Å². The number of ether oxygens (including phenoxy) is 1. The van der Waals surface area contributed by atoms with Crippen LogP contribution in [0.15, 0.2) is 54.6 Å². The van der Waals surface area contributed by atoms with E-state index in [0.29, 0.717) is 17.9 Å². The van der Waals surface area contributed by atoms with E-state index in [1.165, 1.54) is 16.7 Å². The standard InChI is InChI=1S/C21H26O/c1-15-14-21(3,4)22-20(15)16(2)17-10-12-19(13-11-17)18-8-6-5-7-9-18/h5-13,15-16,20H,14H2,1-4H3/t15-,16+,20-/m1/s1. The van der Waals surface area contributed by atoms with Crippen molar-refractivity contribution >= 4 is 0 Å². The van der Waals surface area contributed by atoms with Gasteiger partial charge in [-0.25, -0.2) is 0 Å². The molecule has 1 aliphatic rings. The Morgan fingerprint density at radius 3 is 2.09 bits per heavy atom. The van der Waals surface area contributed by atoms with E-state index in [4.69, 9.17) is 4.74 Å². The fraction of sp³-hybridized carbons (Fsp3) is 0.429. The van der Waals surface area contributed by atoms with Gasteiger partial charge in [-0.1, -0.05) is 68.4 Å². The predicted octanol–water partition coefficient (Wildman–Crippen LogP) is 5.66. The van der Waals surface area contributed by atoms with Crippen molar-refractivity contribution in [2.45, 2.75) is 51.7 Å². The van der Waals surface area contributed by atoms with Gasteiger partial charge >= 0.3 is 0 Å². The molecular weight excluding hydrogens is 268 g/mol. The van der Waals surface area contributed by atoms with Crippen LogP contribution >= 0.6 is 0 Å². The first-order valence-electron chi connectivity index (χ1n) is 8.29.